The fourth-order valence-electron chi connectivity index (χ4n) is 2.99. The fourth-order valence-corrected chi connectivity index (χ4v) is 2.99. The second-order valence-electron chi connectivity index (χ2n) is 6.85. The molecule has 0 bridgehead atoms. The van der Waals surface area contributed by atoms with Gasteiger partial charge in [-0.05, 0) is 29.5 Å². The first-order valence-electron chi connectivity index (χ1n) is 8.32. The van der Waals surface area contributed by atoms with Gasteiger partial charge in [-0.25, -0.2) is 0 Å². The first-order chi connectivity index (χ1) is 10.1. The molecule has 21 heavy (non-hydrogen) atoms. The van der Waals surface area contributed by atoms with Crippen molar-refractivity contribution in [1.29, 1.82) is 0 Å². The second-order valence-corrected chi connectivity index (χ2v) is 6.85. The van der Waals surface area contributed by atoms with Crippen LogP contribution >= 0.6 is 0 Å². The van der Waals surface area contributed by atoms with E-state index < -0.39 is 0 Å². The van der Waals surface area contributed by atoms with Crippen molar-refractivity contribution in [3.63, 3.8) is 0 Å². The zero-order valence-corrected chi connectivity index (χ0v) is 13.9. The Morgan fingerprint density at radius 2 is 1.52 bits per heavy atom. The predicted octanol–water partition coefficient (Wildman–Crippen LogP) is 2.52. The van der Waals surface area contributed by atoms with Crippen molar-refractivity contribution < 1.29 is 0 Å². The lowest BCUT2D eigenvalue weighted by atomic mass is 10.00. The largest absolute Gasteiger partial charge is 0.330 e. The SMILES string of the molecule is CC(C)CN1CCN(Cc2ccc(C(C)CN)cc2)CC1. The van der Waals surface area contributed by atoms with Gasteiger partial charge in [0.25, 0.3) is 0 Å². The Morgan fingerprint density at radius 1 is 0.952 bits per heavy atom. The van der Waals surface area contributed by atoms with E-state index in [1.54, 1.807) is 0 Å². The van der Waals surface area contributed by atoms with Crippen molar-refractivity contribution in [2.24, 2.45) is 11.7 Å². The average Bonchev–Trinajstić information content (AvgIpc) is 2.49. The summed E-state index contributed by atoms with van der Waals surface area (Å²) in [5.41, 5.74) is 8.49. The molecule has 3 heteroatoms. The van der Waals surface area contributed by atoms with Crippen molar-refractivity contribution in [3.8, 4) is 0 Å². The van der Waals surface area contributed by atoms with Crippen LogP contribution in [0.4, 0.5) is 0 Å². The quantitative estimate of drug-likeness (QED) is 0.873. The van der Waals surface area contributed by atoms with Crippen LogP contribution < -0.4 is 5.73 Å². The molecule has 1 aromatic rings. The van der Waals surface area contributed by atoms with Crippen LogP contribution in [0.1, 0.15) is 37.8 Å². The third-order valence-corrected chi connectivity index (χ3v) is 4.40. The Labute approximate surface area is 130 Å². The predicted molar refractivity (Wildman–Crippen MR) is 90.5 cm³/mol. The Morgan fingerprint density at radius 3 is 2.05 bits per heavy atom. The highest BCUT2D eigenvalue weighted by molar-refractivity contribution is 5.25. The van der Waals surface area contributed by atoms with Crippen LogP contribution in [0.5, 0.6) is 0 Å². The molecule has 1 fully saturated rings. The third-order valence-electron chi connectivity index (χ3n) is 4.40. The smallest absolute Gasteiger partial charge is 0.0234 e. The molecule has 2 rings (SSSR count). The number of piperazine rings is 1. The average molecular weight is 289 g/mol. The summed E-state index contributed by atoms with van der Waals surface area (Å²) in [6.07, 6.45) is 0. The molecular formula is C18H31N3. The lowest BCUT2D eigenvalue weighted by Gasteiger charge is -2.35. The molecule has 0 aromatic heterocycles. The van der Waals surface area contributed by atoms with Gasteiger partial charge in [0.1, 0.15) is 0 Å². The highest BCUT2D eigenvalue weighted by Crippen LogP contribution is 2.16. The van der Waals surface area contributed by atoms with Crippen molar-refractivity contribution in [3.05, 3.63) is 35.4 Å². The Kier molecular flexibility index (Phi) is 6.22. The Bertz CT molecular complexity index is 405. The van der Waals surface area contributed by atoms with Gasteiger partial charge in [0, 0.05) is 39.3 Å². The van der Waals surface area contributed by atoms with E-state index in [9.17, 15) is 0 Å². The maximum atomic E-state index is 5.73. The van der Waals surface area contributed by atoms with Gasteiger partial charge in [0.15, 0.2) is 0 Å². The molecule has 118 valence electrons. The Hall–Kier alpha value is -0.900. The van der Waals surface area contributed by atoms with E-state index in [0.717, 1.165) is 19.0 Å². The first kappa shape index (κ1) is 16.5. The van der Waals surface area contributed by atoms with Crippen molar-refractivity contribution >= 4 is 0 Å². The minimum Gasteiger partial charge on any atom is -0.330 e. The summed E-state index contributed by atoms with van der Waals surface area (Å²) in [4.78, 5) is 5.16. The van der Waals surface area contributed by atoms with Crippen molar-refractivity contribution in [1.82, 2.24) is 9.80 Å². The highest BCUT2D eigenvalue weighted by Gasteiger charge is 2.17. The van der Waals surface area contributed by atoms with Crippen LogP contribution in [-0.4, -0.2) is 49.1 Å². The first-order valence-corrected chi connectivity index (χ1v) is 8.32. The number of nitrogens with two attached hydrogens (primary N) is 1. The van der Waals surface area contributed by atoms with E-state index in [1.807, 2.05) is 0 Å². The summed E-state index contributed by atoms with van der Waals surface area (Å²) >= 11 is 0. The van der Waals surface area contributed by atoms with Crippen LogP contribution in [0.15, 0.2) is 24.3 Å². The van der Waals surface area contributed by atoms with Crippen molar-refractivity contribution in [2.75, 3.05) is 39.3 Å². The molecule has 0 spiro atoms. The number of hydrogen-bond donors (Lipinski definition) is 1. The molecule has 1 aliphatic rings. The molecule has 3 nitrogen and oxygen atoms in total. The number of nitrogens with zero attached hydrogens (tertiary/aromatic N) is 2. The van der Waals surface area contributed by atoms with Gasteiger partial charge < -0.3 is 10.6 Å². The fraction of sp³-hybridized carbons (Fsp3) is 0.667. The van der Waals surface area contributed by atoms with Gasteiger partial charge in [-0.1, -0.05) is 45.0 Å². The minimum atomic E-state index is 0.457. The van der Waals surface area contributed by atoms with E-state index >= 15 is 0 Å². The molecule has 0 aliphatic carbocycles. The van der Waals surface area contributed by atoms with Crippen LogP contribution in [-0.2, 0) is 6.54 Å². The van der Waals surface area contributed by atoms with E-state index in [1.165, 1.54) is 43.9 Å². The Balaban J connectivity index is 1.80. The van der Waals surface area contributed by atoms with Gasteiger partial charge in [-0.15, -0.1) is 0 Å². The molecular weight excluding hydrogens is 258 g/mol. The molecule has 1 unspecified atom stereocenters. The van der Waals surface area contributed by atoms with Gasteiger partial charge in [0.05, 0.1) is 0 Å². The number of hydrogen-bond acceptors (Lipinski definition) is 3. The minimum absolute atomic E-state index is 0.457. The van der Waals surface area contributed by atoms with Crippen molar-refractivity contribution in [2.45, 2.75) is 33.2 Å². The van der Waals surface area contributed by atoms with Gasteiger partial charge in [0.2, 0.25) is 0 Å². The highest BCUT2D eigenvalue weighted by atomic mass is 15.3. The van der Waals surface area contributed by atoms with Gasteiger partial charge >= 0.3 is 0 Å². The van der Waals surface area contributed by atoms with Gasteiger partial charge in [-0.3, -0.25) is 4.90 Å². The van der Waals surface area contributed by atoms with Crippen LogP contribution in [0.25, 0.3) is 0 Å². The monoisotopic (exact) mass is 289 g/mol. The number of benzene rings is 1. The number of rotatable bonds is 6. The molecule has 0 radical (unpaired) electrons. The van der Waals surface area contributed by atoms with E-state index in [-0.39, 0.29) is 0 Å². The van der Waals surface area contributed by atoms with E-state index in [4.69, 9.17) is 5.73 Å². The standard InChI is InChI=1S/C18H31N3/c1-15(2)13-20-8-10-21(11-9-20)14-17-4-6-18(7-5-17)16(3)12-19/h4-7,15-16H,8-14,19H2,1-3H3. The normalized spacial score (nSPS) is 19.1. The molecule has 2 N–H and O–H groups in total. The summed E-state index contributed by atoms with van der Waals surface area (Å²) in [7, 11) is 0. The summed E-state index contributed by atoms with van der Waals surface area (Å²) in [5, 5.41) is 0. The summed E-state index contributed by atoms with van der Waals surface area (Å²) in [5.74, 6) is 1.23. The zero-order valence-electron chi connectivity index (χ0n) is 13.9. The molecule has 0 saturated carbocycles. The molecule has 1 aliphatic heterocycles. The van der Waals surface area contributed by atoms with E-state index in [0.29, 0.717) is 5.92 Å². The topological polar surface area (TPSA) is 32.5 Å². The van der Waals surface area contributed by atoms with Crippen LogP contribution in [0.3, 0.4) is 0 Å². The summed E-state index contributed by atoms with van der Waals surface area (Å²) in [6, 6.07) is 9.01. The zero-order chi connectivity index (χ0) is 15.2. The molecule has 0 amide bonds. The molecule has 1 saturated heterocycles. The van der Waals surface area contributed by atoms with Crippen LogP contribution in [0.2, 0.25) is 0 Å². The maximum Gasteiger partial charge on any atom is 0.0234 e. The van der Waals surface area contributed by atoms with Crippen LogP contribution in [0, 0.1) is 5.92 Å². The molecule has 1 heterocycles. The maximum absolute atomic E-state index is 5.73. The lowest BCUT2D eigenvalue weighted by Crippen LogP contribution is -2.46. The van der Waals surface area contributed by atoms with E-state index in [2.05, 4.69) is 54.8 Å². The molecule has 1 aromatic carbocycles. The summed E-state index contributed by atoms with van der Waals surface area (Å²) in [6.45, 7) is 14.6. The lowest BCUT2D eigenvalue weighted by molar-refractivity contribution is 0.117. The summed E-state index contributed by atoms with van der Waals surface area (Å²) < 4.78 is 0. The second kappa shape index (κ2) is 7.92. The molecule has 1 atom stereocenters. The van der Waals surface area contributed by atoms with Gasteiger partial charge in [-0.2, -0.15) is 0 Å². The third kappa shape index (κ3) is 5.10.